The molecule has 1 aromatic carbocycles. The third kappa shape index (κ3) is 1.85. The van der Waals surface area contributed by atoms with Crippen molar-refractivity contribution < 1.29 is 14.3 Å². The van der Waals surface area contributed by atoms with Crippen molar-refractivity contribution in [1.82, 2.24) is 0 Å². The van der Waals surface area contributed by atoms with Gasteiger partial charge in [-0.2, -0.15) is 4.99 Å². The van der Waals surface area contributed by atoms with Crippen LogP contribution in [-0.4, -0.2) is 25.8 Å². The van der Waals surface area contributed by atoms with Crippen molar-refractivity contribution in [1.29, 1.82) is 0 Å². The highest BCUT2D eigenvalue weighted by molar-refractivity contribution is 5.47. The number of hydrogen-bond acceptors (Lipinski definition) is 4. The molecule has 0 fully saturated rings. The minimum absolute atomic E-state index is 0.147. The predicted octanol–water partition coefficient (Wildman–Crippen LogP) is 1.33. The zero-order valence-corrected chi connectivity index (χ0v) is 8.40. The molecule has 0 saturated carbocycles. The van der Waals surface area contributed by atoms with E-state index < -0.39 is 0 Å². The van der Waals surface area contributed by atoms with Crippen LogP contribution in [0.25, 0.3) is 0 Å². The molecule has 0 spiro atoms. The molecule has 1 atom stereocenters. The lowest BCUT2D eigenvalue weighted by Crippen LogP contribution is -2.24. The van der Waals surface area contributed by atoms with Gasteiger partial charge in [0.25, 0.3) is 0 Å². The van der Waals surface area contributed by atoms with Crippen LogP contribution in [0.3, 0.4) is 0 Å². The fourth-order valence-electron chi connectivity index (χ4n) is 1.71. The van der Waals surface area contributed by atoms with E-state index in [-0.39, 0.29) is 6.04 Å². The number of isocyanates is 1. The van der Waals surface area contributed by atoms with Crippen LogP contribution in [-0.2, 0) is 11.2 Å². The van der Waals surface area contributed by atoms with Crippen LogP contribution in [0.5, 0.6) is 11.5 Å². The second-order valence-corrected chi connectivity index (χ2v) is 3.33. The third-order valence-electron chi connectivity index (χ3n) is 2.42. The normalized spacial score (nSPS) is 18.3. The summed E-state index contributed by atoms with van der Waals surface area (Å²) < 4.78 is 10.7. The number of ether oxygens (including phenoxy) is 2. The molecule has 2 rings (SSSR count). The van der Waals surface area contributed by atoms with Gasteiger partial charge < -0.3 is 9.47 Å². The molecule has 1 aromatic rings. The summed E-state index contributed by atoms with van der Waals surface area (Å²) >= 11 is 0. The Morgan fingerprint density at radius 1 is 1.60 bits per heavy atom. The van der Waals surface area contributed by atoms with Gasteiger partial charge in [0.05, 0.1) is 7.11 Å². The van der Waals surface area contributed by atoms with E-state index >= 15 is 0 Å². The Kier molecular flexibility index (Phi) is 2.70. The van der Waals surface area contributed by atoms with E-state index in [2.05, 4.69) is 4.99 Å². The largest absolute Gasteiger partial charge is 0.496 e. The number of nitrogens with zero attached hydrogens (tertiary/aromatic N) is 1. The zero-order valence-electron chi connectivity index (χ0n) is 8.40. The molecule has 4 heteroatoms. The Hall–Kier alpha value is -1.80. The van der Waals surface area contributed by atoms with Crippen LogP contribution in [0.15, 0.2) is 23.2 Å². The average Bonchev–Trinajstić information content (AvgIpc) is 2.28. The van der Waals surface area contributed by atoms with Gasteiger partial charge in [-0.3, -0.25) is 0 Å². The SMILES string of the molecule is COc1cccc2c1CC(N=C=O)CO2. The highest BCUT2D eigenvalue weighted by atomic mass is 16.5. The summed E-state index contributed by atoms with van der Waals surface area (Å²) in [5.41, 5.74) is 0.968. The van der Waals surface area contributed by atoms with Gasteiger partial charge >= 0.3 is 0 Å². The van der Waals surface area contributed by atoms with Crippen molar-refractivity contribution in [3.05, 3.63) is 23.8 Å². The Morgan fingerprint density at radius 3 is 3.20 bits per heavy atom. The maximum Gasteiger partial charge on any atom is 0.235 e. The number of aliphatic imine (C=N–C) groups is 1. The second kappa shape index (κ2) is 4.15. The number of benzene rings is 1. The maximum atomic E-state index is 10.2. The summed E-state index contributed by atoms with van der Waals surface area (Å²) in [5.74, 6) is 1.59. The fraction of sp³-hybridized carbons (Fsp3) is 0.364. The fourth-order valence-corrected chi connectivity index (χ4v) is 1.71. The van der Waals surface area contributed by atoms with Gasteiger partial charge in [-0.05, 0) is 12.1 Å². The molecule has 0 amide bonds. The average molecular weight is 205 g/mol. The van der Waals surface area contributed by atoms with Gasteiger partial charge in [-0.25, -0.2) is 4.79 Å². The van der Waals surface area contributed by atoms with Crippen LogP contribution in [0.2, 0.25) is 0 Å². The maximum absolute atomic E-state index is 10.2. The first-order chi connectivity index (χ1) is 7.35. The van der Waals surface area contributed by atoms with E-state index in [9.17, 15) is 4.79 Å². The van der Waals surface area contributed by atoms with Gasteiger partial charge in [0.1, 0.15) is 24.1 Å². The Labute approximate surface area is 87.5 Å². The highest BCUT2D eigenvalue weighted by Gasteiger charge is 2.22. The molecule has 0 aliphatic carbocycles. The monoisotopic (exact) mass is 205 g/mol. The number of hydrogen-bond donors (Lipinski definition) is 0. The highest BCUT2D eigenvalue weighted by Crippen LogP contribution is 2.33. The molecule has 78 valence electrons. The molecule has 0 radical (unpaired) electrons. The van der Waals surface area contributed by atoms with Crippen molar-refractivity contribution in [2.75, 3.05) is 13.7 Å². The van der Waals surface area contributed by atoms with E-state index in [1.54, 1.807) is 13.2 Å². The number of fused-ring (bicyclic) bond motifs is 1. The summed E-state index contributed by atoms with van der Waals surface area (Å²) in [5, 5.41) is 0. The van der Waals surface area contributed by atoms with Gasteiger partial charge in [0, 0.05) is 12.0 Å². The Morgan fingerprint density at radius 2 is 2.47 bits per heavy atom. The van der Waals surface area contributed by atoms with Crippen molar-refractivity contribution in [3.63, 3.8) is 0 Å². The summed E-state index contributed by atoms with van der Waals surface area (Å²) in [4.78, 5) is 13.8. The summed E-state index contributed by atoms with van der Waals surface area (Å²) in [6.45, 7) is 0.426. The molecule has 0 bridgehead atoms. The molecular formula is C11H11NO3. The van der Waals surface area contributed by atoms with Crippen molar-refractivity contribution in [2.45, 2.75) is 12.5 Å². The molecule has 4 nitrogen and oxygen atoms in total. The van der Waals surface area contributed by atoms with Gasteiger partial charge in [0.15, 0.2) is 0 Å². The molecule has 1 unspecified atom stereocenters. The van der Waals surface area contributed by atoms with Crippen molar-refractivity contribution in [2.24, 2.45) is 4.99 Å². The molecule has 0 saturated heterocycles. The molecular weight excluding hydrogens is 194 g/mol. The van der Waals surface area contributed by atoms with Gasteiger partial charge in [-0.1, -0.05) is 6.07 Å². The smallest absolute Gasteiger partial charge is 0.235 e. The molecule has 1 aliphatic rings. The van der Waals surface area contributed by atoms with E-state index in [0.717, 1.165) is 17.1 Å². The zero-order chi connectivity index (χ0) is 10.7. The van der Waals surface area contributed by atoms with Crippen LogP contribution in [0.4, 0.5) is 0 Å². The van der Waals surface area contributed by atoms with E-state index in [1.165, 1.54) is 0 Å². The minimum Gasteiger partial charge on any atom is -0.496 e. The third-order valence-corrected chi connectivity index (χ3v) is 2.42. The lowest BCUT2D eigenvalue weighted by Gasteiger charge is -2.23. The predicted molar refractivity (Wildman–Crippen MR) is 54.1 cm³/mol. The van der Waals surface area contributed by atoms with Crippen LogP contribution < -0.4 is 9.47 Å². The lowest BCUT2D eigenvalue weighted by atomic mass is 10.0. The first-order valence-electron chi connectivity index (χ1n) is 4.71. The first kappa shape index (κ1) is 9.74. The second-order valence-electron chi connectivity index (χ2n) is 3.33. The number of methoxy groups -OCH3 is 1. The van der Waals surface area contributed by atoms with Crippen LogP contribution in [0, 0.1) is 0 Å². The standard InChI is InChI=1S/C11H11NO3/c1-14-10-3-2-4-11-9(10)5-8(6-15-11)12-7-13/h2-4,8H,5-6H2,1H3. The molecule has 1 aliphatic heterocycles. The van der Waals surface area contributed by atoms with E-state index in [1.807, 2.05) is 18.2 Å². The van der Waals surface area contributed by atoms with Crippen molar-refractivity contribution in [3.8, 4) is 11.5 Å². The molecule has 0 aromatic heterocycles. The van der Waals surface area contributed by atoms with Gasteiger partial charge in [0.2, 0.25) is 6.08 Å². The number of carbonyl (C=O) groups excluding carboxylic acids is 1. The van der Waals surface area contributed by atoms with E-state index in [0.29, 0.717) is 13.0 Å². The van der Waals surface area contributed by atoms with Crippen LogP contribution in [0.1, 0.15) is 5.56 Å². The molecule has 1 heterocycles. The van der Waals surface area contributed by atoms with Crippen LogP contribution >= 0.6 is 0 Å². The Bertz CT molecular complexity index is 396. The quantitative estimate of drug-likeness (QED) is 0.540. The van der Waals surface area contributed by atoms with Crippen molar-refractivity contribution >= 4 is 6.08 Å². The molecule has 0 N–H and O–H groups in total. The van der Waals surface area contributed by atoms with E-state index in [4.69, 9.17) is 9.47 Å². The first-order valence-corrected chi connectivity index (χ1v) is 4.71. The lowest BCUT2D eigenvalue weighted by molar-refractivity contribution is 0.259. The minimum atomic E-state index is -0.147. The summed E-state index contributed by atoms with van der Waals surface area (Å²) in [7, 11) is 1.61. The topological polar surface area (TPSA) is 47.9 Å². The Balaban J connectivity index is 2.33. The summed E-state index contributed by atoms with van der Waals surface area (Å²) in [6.07, 6.45) is 2.22. The number of rotatable bonds is 2. The van der Waals surface area contributed by atoms with Gasteiger partial charge in [-0.15, -0.1) is 0 Å². The molecule has 15 heavy (non-hydrogen) atoms. The summed E-state index contributed by atoms with van der Waals surface area (Å²) in [6, 6.07) is 5.49.